The molecule has 0 atom stereocenters. The van der Waals surface area contributed by atoms with Gasteiger partial charge in [0.2, 0.25) is 0 Å². The first-order valence-electron chi connectivity index (χ1n) is 8.61. The van der Waals surface area contributed by atoms with Crippen molar-refractivity contribution in [2.75, 3.05) is 19.7 Å². The van der Waals surface area contributed by atoms with Crippen molar-refractivity contribution in [3.05, 3.63) is 35.6 Å². The second-order valence-corrected chi connectivity index (χ2v) is 7.40. The Kier molecular flexibility index (Phi) is 6.39. The number of carbonyl (C=O) groups is 2. The summed E-state index contributed by atoms with van der Waals surface area (Å²) in [5, 5.41) is 0. The van der Waals surface area contributed by atoms with E-state index >= 15 is 0 Å². The fourth-order valence-corrected chi connectivity index (χ4v) is 2.68. The van der Waals surface area contributed by atoms with Crippen molar-refractivity contribution in [2.45, 2.75) is 45.6 Å². The van der Waals surface area contributed by atoms with Crippen molar-refractivity contribution < 1.29 is 23.5 Å². The Morgan fingerprint density at radius 2 is 1.92 bits per heavy atom. The van der Waals surface area contributed by atoms with E-state index in [1.165, 1.54) is 12.1 Å². The first-order chi connectivity index (χ1) is 11.7. The molecule has 1 aliphatic rings. The number of likely N-dealkylation sites (tertiary alicyclic amines) is 1. The molecule has 1 fully saturated rings. The Bertz CT molecular complexity index is 604. The topological polar surface area (TPSA) is 55.8 Å². The average Bonchev–Trinajstić information content (AvgIpc) is 2.52. The Labute approximate surface area is 148 Å². The van der Waals surface area contributed by atoms with Crippen LogP contribution in [0.15, 0.2) is 24.3 Å². The molecule has 1 aromatic carbocycles. The van der Waals surface area contributed by atoms with Gasteiger partial charge in [0.25, 0.3) is 0 Å². The van der Waals surface area contributed by atoms with Crippen molar-refractivity contribution in [1.82, 2.24) is 4.90 Å². The largest absolute Gasteiger partial charge is 0.465 e. The molecular formula is C19H26FNO4. The SMILES string of the molecule is CC(C)(C)OC(=O)N1CCC(COC(=O)Cc2cccc(F)c2)CC1. The molecule has 5 nitrogen and oxygen atoms in total. The van der Waals surface area contributed by atoms with Crippen molar-refractivity contribution in [1.29, 1.82) is 0 Å². The average molecular weight is 351 g/mol. The smallest absolute Gasteiger partial charge is 0.410 e. The van der Waals surface area contributed by atoms with Gasteiger partial charge in [-0.05, 0) is 57.2 Å². The molecule has 0 radical (unpaired) electrons. The summed E-state index contributed by atoms with van der Waals surface area (Å²) in [5.74, 6) is -0.491. The van der Waals surface area contributed by atoms with Gasteiger partial charge in [0.05, 0.1) is 13.0 Å². The minimum Gasteiger partial charge on any atom is -0.465 e. The first-order valence-corrected chi connectivity index (χ1v) is 8.61. The highest BCUT2D eigenvalue weighted by Crippen LogP contribution is 2.20. The number of esters is 1. The first kappa shape index (κ1) is 19.2. The standard InChI is InChI=1S/C19H26FNO4/c1-19(2,3)25-18(23)21-9-7-14(8-10-21)13-24-17(22)12-15-5-4-6-16(20)11-15/h4-6,11,14H,7-10,12-13H2,1-3H3. The summed E-state index contributed by atoms with van der Waals surface area (Å²) in [6, 6.07) is 5.95. The van der Waals surface area contributed by atoms with E-state index in [1.54, 1.807) is 17.0 Å². The van der Waals surface area contributed by atoms with Crippen LogP contribution >= 0.6 is 0 Å². The second-order valence-electron chi connectivity index (χ2n) is 7.40. The predicted octanol–water partition coefficient (Wildman–Crippen LogP) is 3.56. The van der Waals surface area contributed by atoms with Gasteiger partial charge >= 0.3 is 12.1 Å². The molecule has 0 unspecified atom stereocenters. The molecule has 1 amide bonds. The van der Waals surface area contributed by atoms with Crippen LogP contribution < -0.4 is 0 Å². The quantitative estimate of drug-likeness (QED) is 0.779. The fourth-order valence-electron chi connectivity index (χ4n) is 2.68. The summed E-state index contributed by atoms with van der Waals surface area (Å²) in [5.41, 5.74) is 0.102. The Morgan fingerprint density at radius 1 is 1.24 bits per heavy atom. The molecule has 1 aromatic rings. The maximum absolute atomic E-state index is 13.1. The van der Waals surface area contributed by atoms with E-state index in [9.17, 15) is 14.0 Å². The molecule has 1 aliphatic heterocycles. The minimum absolute atomic E-state index is 0.0640. The number of carbonyl (C=O) groups excluding carboxylic acids is 2. The number of ether oxygens (including phenoxy) is 2. The number of benzene rings is 1. The minimum atomic E-state index is -0.500. The molecule has 6 heteroatoms. The van der Waals surface area contributed by atoms with E-state index in [-0.39, 0.29) is 30.2 Å². The summed E-state index contributed by atoms with van der Waals surface area (Å²) >= 11 is 0. The molecule has 0 saturated carbocycles. The lowest BCUT2D eigenvalue weighted by atomic mass is 9.98. The van der Waals surface area contributed by atoms with Gasteiger partial charge in [-0.1, -0.05) is 12.1 Å². The molecule has 0 aromatic heterocycles. The van der Waals surface area contributed by atoms with Crippen LogP contribution in [0.1, 0.15) is 39.2 Å². The van der Waals surface area contributed by atoms with Gasteiger partial charge in [-0.2, -0.15) is 0 Å². The van der Waals surface area contributed by atoms with Crippen molar-refractivity contribution in [3.63, 3.8) is 0 Å². The molecule has 0 aliphatic carbocycles. The highest BCUT2D eigenvalue weighted by molar-refractivity contribution is 5.72. The molecule has 1 saturated heterocycles. The number of halogens is 1. The Hall–Kier alpha value is -2.11. The molecule has 0 N–H and O–H groups in total. The zero-order chi connectivity index (χ0) is 18.4. The molecule has 2 rings (SSSR count). The third-order valence-electron chi connectivity index (χ3n) is 3.98. The van der Waals surface area contributed by atoms with Crippen molar-refractivity contribution >= 4 is 12.1 Å². The van der Waals surface area contributed by atoms with Crippen LogP contribution in [0.5, 0.6) is 0 Å². The predicted molar refractivity (Wildman–Crippen MR) is 91.6 cm³/mol. The van der Waals surface area contributed by atoms with E-state index in [0.717, 1.165) is 12.8 Å². The lowest BCUT2D eigenvalue weighted by Crippen LogP contribution is -2.42. The van der Waals surface area contributed by atoms with E-state index in [1.807, 2.05) is 20.8 Å². The molecule has 1 heterocycles. The highest BCUT2D eigenvalue weighted by atomic mass is 19.1. The van der Waals surface area contributed by atoms with E-state index in [4.69, 9.17) is 9.47 Å². The zero-order valence-corrected chi connectivity index (χ0v) is 15.1. The summed E-state index contributed by atoms with van der Waals surface area (Å²) < 4.78 is 23.8. The molecule has 25 heavy (non-hydrogen) atoms. The van der Waals surface area contributed by atoms with Gasteiger partial charge in [-0.15, -0.1) is 0 Å². The van der Waals surface area contributed by atoms with Gasteiger partial charge in [0.15, 0.2) is 0 Å². The maximum Gasteiger partial charge on any atom is 0.410 e. The van der Waals surface area contributed by atoms with Crippen LogP contribution in [-0.2, 0) is 20.7 Å². The van der Waals surface area contributed by atoms with Crippen LogP contribution in [0.25, 0.3) is 0 Å². The summed E-state index contributed by atoms with van der Waals surface area (Å²) in [6.45, 7) is 7.06. The maximum atomic E-state index is 13.1. The number of rotatable bonds is 4. The van der Waals surface area contributed by atoms with E-state index in [2.05, 4.69) is 0 Å². The molecule has 138 valence electrons. The van der Waals surface area contributed by atoms with Gasteiger partial charge in [-0.25, -0.2) is 9.18 Å². The van der Waals surface area contributed by atoms with Crippen molar-refractivity contribution in [2.24, 2.45) is 5.92 Å². The second kappa shape index (κ2) is 8.32. The number of piperidine rings is 1. The zero-order valence-electron chi connectivity index (χ0n) is 15.1. The lowest BCUT2D eigenvalue weighted by molar-refractivity contribution is -0.144. The normalized spacial score (nSPS) is 15.8. The fraction of sp³-hybridized carbons (Fsp3) is 0.579. The third-order valence-corrected chi connectivity index (χ3v) is 3.98. The number of nitrogens with zero attached hydrogens (tertiary/aromatic N) is 1. The van der Waals surface area contributed by atoms with Gasteiger partial charge in [0, 0.05) is 13.1 Å². The van der Waals surface area contributed by atoms with Crippen LogP contribution in [0, 0.1) is 11.7 Å². The van der Waals surface area contributed by atoms with Crippen LogP contribution in [0.4, 0.5) is 9.18 Å². The summed E-state index contributed by atoms with van der Waals surface area (Å²) in [7, 11) is 0. The van der Waals surface area contributed by atoms with Crippen LogP contribution in [-0.4, -0.2) is 42.3 Å². The van der Waals surface area contributed by atoms with Gasteiger partial charge in [0.1, 0.15) is 11.4 Å². The van der Waals surface area contributed by atoms with Gasteiger partial charge < -0.3 is 14.4 Å². The van der Waals surface area contributed by atoms with Crippen LogP contribution in [0.2, 0.25) is 0 Å². The number of hydrogen-bond acceptors (Lipinski definition) is 4. The summed E-state index contributed by atoms with van der Waals surface area (Å²) in [4.78, 5) is 25.6. The van der Waals surface area contributed by atoms with E-state index in [0.29, 0.717) is 25.3 Å². The van der Waals surface area contributed by atoms with Crippen LogP contribution in [0.3, 0.4) is 0 Å². The van der Waals surface area contributed by atoms with Gasteiger partial charge in [-0.3, -0.25) is 4.79 Å². The third kappa shape index (κ3) is 6.72. The molecule has 0 bridgehead atoms. The Balaban J connectivity index is 1.70. The highest BCUT2D eigenvalue weighted by Gasteiger charge is 2.27. The number of hydrogen-bond donors (Lipinski definition) is 0. The molecular weight excluding hydrogens is 325 g/mol. The Morgan fingerprint density at radius 3 is 2.52 bits per heavy atom. The summed E-state index contributed by atoms with van der Waals surface area (Å²) in [6.07, 6.45) is 1.31. The number of amides is 1. The lowest BCUT2D eigenvalue weighted by Gasteiger charge is -2.33. The van der Waals surface area contributed by atoms with E-state index < -0.39 is 5.60 Å². The molecule has 0 spiro atoms. The monoisotopic (exact) mass is 351 g/mol. The van der Waals surface area contributed by atoms with Crippen molar-refractivity contribution in [3.8, 4) is 0 Å².